The first kappa shape index (κ1) is 42.8. The molecule has 2 aromatic carbocycles. The summed E-state index contributed by atoms with van der Waals surface area (Å²) < 4.78 is 49.0. The van der Waals surface area contributed by atoms with E-state index in [2.05, 4.69) is 36.3 Å². The van der Waals surface area contributed by atoms with Gasteiger partial charge in [-0.2, -0.15) is 0 Å². The fraction of sp³-hybridized carbons (Fsp3) is 0.515. The number of rotatable bonds is 15. The minimum absolute atomic E-state index is 0.122. The average Bonchev–Trinajstić information content (AvgIpc) is 3.02. The maximum atomic E-state index is 13.6. The number of aryl methyl sites for hydroxylation is 1. The van der Waals surface area contributed by atoms with E-state index in [-0.39, 0.29) is 25.3 Å². The summed E-state index contributed by atoms with van der Waals surface area (Å²) >= 11 is 0. The van der Waals surface area contributed by atoms with Gasteiger partial charge in [-0.3, -0.25) is 9.00 Å². The van der Waals surface area contributed by atoms with Crippen molar-refractivity contribution in [3.05, 3.63) is 70.8 Å². The molecule has 0 spiro atoms. The van der Waals surface area contributed by atoms with Crippen LogP contribution in [0.5, 0.6) is 0 Å². The smallest absolute Gasteiger partial charge is 0.404 e. The fourth-order valence-corrected chi connectivity index (χ4v) is 5.14. The van der Waals surface area contributed by atoms with Gasteiger partial charge in [0.05, 0.1) is 13.2 Å². The van der Waals surface area contributed by atoms with Crippen molar-refractivity contribution >= 4 is 22.8 Å². The van der Waals surface area contributed by atoms with Gasteiger partial charge in [0.15, 0.2) is 0 Å². The number of unbranched alkanes of at least 4 members (excludes halogenated alkanes) is 1. The lowest BCUT2D eigenvalue weighted by Gasteiger charge is -2.30. The minimum Gasteiger partial charge on any atom is -0.453 e. The highest BCUT2D eigenvalue weighted by Crippen LogP contribution is 2.16. The highest BCUT2D eigenvalue weighted by molar-refractivity contribution is 7.84. The Kier molecular flexibility index (Phi) is 25.4. The number of hydrogen-bond donors (Lipinski definition) is 2. The third kappa shape index (κ3) is 19.1. The molecule has 0 bridgehead atoms. The van der Waals surface area contributed by atoms with Crippen LogP contribution in [-0.4, -0.2) is 65.5 Å². The first-order chi connectivity index (χ1) is 21.0. The summed E-state index contributed by atoms with van der Waals surface area (Å²) in [6, 6.07) is 10.8. The zero-order valence-corrected chi connectivity index (χ0v) is 27.8. The molecule has 1 unspecified atom stereocenters. The summed E-state index contributed by atoms with van der Waals surface area (Å²) in [6.07, 6.45) is 9.79. The maximum absolute atomic E-state index is 13.6. The summed E-state index contributed by atoms with van der Waals surface area (Å²) in [5.41, 5.74) is 13.4. The third-order valence-corrected chi connectivity index (χ3v) is 7.57. The number of carbonyl (C=O) groups excluding carboxylic acids is 2. The van der Waals surface area contributed by atoms with Crippen LogP contribution in [0.2, 0.25) is 0 Å². The molecule has 0 radical (unpaired) electrons. The highest BCUT2D eigenvalue weighted by atomic mass is 32.2. The molecule has 0 aliphatic heterocycles. The number of halogens is 2. The van der Waals surface area contributed by atoms with E-state index in [1.54, 1.807) is 4.90 Å². The molecule has 0 heterocycles. The van der Waals surface area contributed by atoms with Gasteiger partial charge >= 0.3 is 6.09 Å². The molecule has 2 rings (SSSR count). The van der Waals surface area contributed by atoms with Gasteiger partial charge in [0.25, 0.3) is 0 Å². The van der Waals surface area contributed by atoms with E-state index in [9.17, 15) is 22.6 Å². The summed E-state index contributed by atoms with van der Waals surface area (Å²) in [5.74, 6) is -0.535. The summed E-state index contributed by atoms with van der Waals surface area (Å²) in [6.45, 7) is 8.70. The van der Waals surface area contributed by atoms with E-state index >= 15 is 0 Å². The molecule has 2 aromatic rings. The van der Waals surface area contributed by atoms with Crippen molar-refractivity contribution in [1.82, 2.24) is 4.90 Å². The Morgan fingerprint density at radius 3 is 2.05 bits per heavy atom. The summed E-state index contributed by atoms with van der Waals surface area (Å²) in [4.78, 5) is 24.3. The van der Waals surface area contributed by atoms with Crippen LogP contribution in [0.25, 0.3) is 0 Å². The molecule has 8 nitrogen and oxygen atoms in total. The van der Waals surface area contributed by atoms with Crippen LogP contribution in [0.15, 0.2) is 42.5 Å². The lowest BCUT2D eigenvalue weighted by Crippen LogP contribution is -2.47. The monoisotopic (exact) mass is 639 g/mol. The molecule has 0 aromatic heterocycles. The van der Waals surface area contributed by atoms with Gasteiger partial charge in [0, 0.05) is 61.0 Å². The van der Waals surface area contributed by atoms with Crippen LogP contribution in [0.4, 0.5) is 13.6 Å². The van der Waals surface area contributed by atoms with Crippen LogP contribution >= 0.6 is 0 Å². The van der Waals surface area contributed by atoms with Gasteiger partial charge in [0.1, 0.15) is 11.6 Å². The van der Waals surface area contributed by atoms with Gasteiger partial charge in [-0.25, -0.2) is 13.6 Å². The predicted molar refractivity (Wildman–Crippen MR) is 175 cm³/mol. The Hall–Kier alpha value is -3.33. The van der Waals surface area contributed by atoms with Crippen molar-refractivity contribution in [3.8, 4) is 12.8 Å². The number of ether oxygens (including phenoxy) is 2. The van der Waals surface area contributed by atoms with Gasteiger partial charge in [0.2, 0.25) is 5.91 Å². The molecule has 0 aliphatic carbocycles. The molecule has 44 heavy (non-hydrogen) atoms. The van der Waals surface area contributed by atoms with E-state index in [0.717, 1.165) is 30.9 Å². The zero-order valence-electron chi connectivity index (χ0n) is 27.0. The van der Waals surface area contributed by atoms with Crippen LogP contribution in [-0.2, 0) is 44.5 Å². The van der Waals surface area contributed by atoms with E-state index in [1.165, 1.54) is 31.9 Å². The van der Waals surface area contributed by atoms with Crippen LogP contribution in [0.3, 0.4) is 0 Å². The van der Waals surface area contributed by atoms with Crippen LogP contribution in [0.1, 0.15) is 63.6 Å². The number of amides is 2. The van der Waals surface area contributed by atoms with Crippen LogP contribution < -0.4 is 11.5 Å². The van der Waals surface area contributed by atoms with Gasteiger partial charge in [-0.1, -0.05) is 58.4 Å². The standard InChI is InChI=1S/C27H38F2N2O3S.C2H5NO2.C2H6.C2H2/c1-4-6-11-35(33)12-10-27(32)31(18-21-9-7-8-20(5-2)13-21)19-26(34-3)25(30)16-22-14-23(28)17-24(29)15-22;1-5-2(3)4;2*1-2/h7-9,13-15,17,25-26H,4-6,10-12,16,18-19,30H2,1-3H3;1H3,(H2,3,4);1-2H3;1-2H/t25-,26+,35?;;;/m0.../s1. The molecule has 3 atom stereocenters. The number of terminal acetylenes is 1. The minimum atomic E-state index is -1.04. The normalized spacial score (nSPS) is 12.0. The van der Waals surface area contributed by atoms with Crippen molar-refractivity contribution in [1.29, 1.82) is 0 Å². The molecule has 2 amide bonds. The molecule has 4 N–H and O–H groups in total. The first-order valence-electron chi connectivity index (χ1n) is 14.6. The quantitative estimate of drug-likeness (QED) is 0.253. The van der Waals surface area contributed by atoms with E-state index in [1.807, 2.05) is 39.0 Å². The molecule has 248 valence electrons. The second-order valence-corrected chi connectivity index (χ2v) is 11.0. The Labute approximate surface area is 265 Å². The van der Waals surface area contributed by atoms with Crippen molar-refractivity contribution < 1.29 is 32.1 Å². The number of hydrogen-bond acceptors (Lipinski definition) is 6. The number of methoxy groups -OCH3 is 2. The van der Waals surface area contributed by atoms with Gasteiger partial charge in [-0.05, 0) is 48.1 Å². The zero-order chi connectivity index (χ0) is 34.1. The average molecular weight is 640 g/mol. The molecule has 11 heteroatoms. The predicted octanol–water partition coefficient (Wildman–Crippen LogP) is 5.37. The molecule has 0 aliphatic rings. The van der Waals surface area contributed by atoms with Crippen LogP contribution in [0, 0.1) is 24.5 Å². The topological polar surface area (TPSA) is 125 Å². The number of benzene rings is 2. The van der Waals surface area contributed by atoms with E-state index in [0.29, 0.717) is 23.6 Å². The fourth-order valence-electron chi connectivity index (χ4n) is 3.92. The number of primary amides is 1. The van der Waals surface area contributed by atoms with Gasteiger partial charge < -0.3 is 25.8 Å². The second kappa shape index (κ2) is 26.1. The van der Waals surface area contributed by atoms with Crippen molar-refractivity contribution in [2.24, 2.45) is 11.5 Å². The van der Waals surface area contributed by atoms with Crippen molar-refractivity contribution in [2.45, 2.75) is 78.5 Å². The summed E-state index contributed by atoms with van der Waals surface area (Å²) in [5, 5.41) is 0. The molecule has 0 saturated heterocycles. The lowest BCUT2D eigenvalue weighted by molar-refractivity contribution is -0.133. The number of carbonyl (C=O) groups is 2. The van der Waals surface area contributed by atoms with Gasteiger partial charge in [-0.15, -0.1) is 12.8 Å². The maximum Gasteiger partial charge on any atom is 0.404 e. The lowest BCUT2D eigenvalue weighted by atomic mass is 10.0. The van der Waals surface area contributed by atoms with Crippen molar-refractivity contribution in [2.75, 3.05) is 32.3 Å². The second-order valence-electron chi connectivity index (χ2n) is 9.34. The number of nitrogens with zero attached hydrogens (tertiary/aromatic N) is 1. The largest absolute Gasteiger partial charge is 0.453 e. The summed E-state index contributed by atoms with van der Waals surface area (Å²) in [7, 11) is 1.70. The first-order valence-corrected chi connectivity index (χ1v) is 16.1. The molecule has 0 fully saturated rings. The SMILES string of the molecule is C#C.CC.CCCCS(=O)CCC(=O)N(Cc1cccc(CC)c1)C[C@@H](OC)[C@@H](N)Cc1cc(F)cc(F)c1.COC(N)=O. The Balaban J connectivity index is 0. The van der Waals surface area contributed by atoms with Crippen molar-refractivity contribution in [3.63, 3.8) is 0 Å². The Bertz CT molecular complexity index is 1110. The molecular formula is C33H51F2N3O5S. The molecule has 0 saturated carbocycles. The third-order valence-electron chi connectivity index (χ3n) is 6.17. The Morgan fingerprint density at radius 2 is 1.55 bits per heavy atom. The van der Waals surface area contributed by atoms with E-state index in [4.69, 9.17) is 10.5 Å². The molecular weight excluding hydrogens is 588 g/mol. The number of nitrogens with two attached hydrogens (primary N) is 2. The van der Waals surface area contributed by atoms with E-state index < -0.39 is 40.7 Å². The Morgan fingerprint density at radius 1 is 0.977 bits per heavy atom. The highest BCUT2D eigenvalue weighted by Gasteiger charge is 2.25.